The summed E-state index contributed by atoms with van der Waals surface area (Å²) >= 11 is 6.17. The summed E-state index contributed by atoms with van der Waals surface area (Å²) in [6.45, 7) is 0.385. The fourth-order valence-electron chi connectivity index (χ4n) is 2.09. The molecule has 0 radical (unpaired) electrons. The third-order valence-electron chi connectivity index (χ3n) is 2.98. The summed E-state index contributed by atoms with van der Waals surface area (Å²) in [4.78, 5) is 19.3. The second kappa shape index (κ2) is 5.02. The van der Waals surface area contributed by atoms with Gasteiger partial charge in [-0.15, -0.1) is 0 Å². The van der Waals surface area contributed by atoms with Crippen LogP contribution in [0.3, 0.4) is 0 Å². The van der Waals surface area contributed by atoms with Crippen LogP contribution in [0, 0.1) is 5.82 Å². The maximum atomic E-state index is 12.9. The molecule has 3 aromatic rings. The lowest BCUT2D eigenvalue weighted by Crippen LogP contribution is -2.01. The number of nitrogens with zero attached hydrogens (tertiary/aromatic N) is 3. The molecule has 100 valence electrons. The Morgan fingerprint density at radius 2 is 2.15 bits per heavy atom. The highest BCUT2D eigenvalue weighted by atomic mass is 35.5. The number of carbonyl (C=O) groups is 1. The first-order valence-corrected chi connectivity index (χ1v) is 6.26. The highest BCUT2D eigenvalue weighted by molar-refractivity contribution is 6.35. The van der Waals surface area contributed by atoms with Gasteiger partial charge < -0.3 is 4.57 Å². The minimum absolute atomic E-state index is 0.385. The Balaban J connectivity index is 2.11. The van der Waals surface area contributed by atoms with E-state index >= 15 is 0 Å². The first-order valence-electron chi connectivity index (χ1n) is 5.88. The van der Waals surface area contributed by atoms with E-state index in [1.165, 1.54) is 6.07 Å². The SMILES string of the molecule is O=Cc1cn(Cc2ccc(F)cn2)c2c(Cl)ccnc12. The molecule has 0 aliphatic heterocycles. The van der Waals surface area contributed by atoms with Crippen molar-refractivity contribution in [3.63, 3.8) is 0 Å². The van der Waals surface area contributed by atoms with Crippen molar-refractivity contribution in [1.29, 1.82) is 0 Å². The van der Waals surface area contributed by atoms with Gasteiger partial charge in [-0.05, 0) is 18.2 Å². The fraction of sp³-hybridized carbons (Fsp3) is 0.0714. The highest BCUT2D eigenvalue weighted by Crippen LogP contribution is 2.26. The van der Waals surface area contributed by atoms with E-state index in [9.17, 15) is 9.18 Å². The summed E-state index contributed by atoms with van der Waals surface area (Å²) in [5.41, 5.74) is 2.35. The molecular formula is C14H9ClFN3O. The minimum atomic E-state index is -0.389. The quantitative estimate of drug-likeness (QED) is 0.696. The van der Waals surface area contributed by atoms with Crippen LogP contribution in [0.2, 0.25) is 5.02 Å². The second-order valence-electron chi connectivity index (χ2n) is 4.29. The third kappa shape index (κ3) is 2.16. The molecule has 0 saturated heterocycles. The summed E-state index contributed by atoms with van der Waals surface area (Å²) in [6.07, 6.45) is 5.11. The van der Waals surface area contributed by atoms with Crippen molar-refractivity contribution < 1.29 is 9.18 Å². The smallest absolute Gasteiger partial charge is 0.153 e. The van der Waals surface area contributed by atoms with Crippen LogP contribution in [0.25, 0.3) is 11.0 Å². The van der Waals surface area contributed by atoms with Crippen LogP contribution in [0.1, 0.15) is 16.1 Å². The van der Waals surface area contributed by atoms with Gasteiger partial charge in [0.2, 0.25) is 0 Å². The molecule has 4 nitrogen and oxygen atoms in total. The van der Waals surface area contributed by atoms with Gasteiger partial charge in [0, 0.05) is 12.4 Å². The minimum Gasteiger partial charge on any atom is -0.338 e. The monoisotopic (exact) mass is 289 g/mol. The summed E-state index contributed by atoms with van der Waals surface area (Å²) in [6, 6.07) is 4.59. The van der Waals surface area contributed by atoms with Crippen LogP contribution < -0.4 is 0 Å². The van der Waals surface area contributed by atoms with Gasteiger partial charge in [-0.25, -0.2) is 4.39 Å². The van der Waals surface area contributed by atoms with Gasteiger partial charge in [0.1, 0.15) is 11.3 Å². The summed E-state index contributed by atoms with van der Waals surface area (Å²) in [5, 5.41) is 0.505. The second-order valence-corrected chi connectivity index (χ2v) is 4.70. The molecule has 0 spiro atoms. The van der Waals surface area contributed by atoms with E-state index in [-0.39, 0.29) is 5.82 Å². The number of carbonyl (C=O) groups excluding carboxylic acids is 1. The van der Waals surface area contributed by atoms with Crippen LogP contribution in [0.15, 0.2) is 36.8 Å². The molecule has 0 fully saturated rings. The Morgan fingerprint density at radius 3 is 2.85 bits per heavy atom. The predicted octanol–water partition coefficient (Wildman–Crippen LogP) is 3.08. The van der Waals surface area contributed by atoms with E-state index in [2.05, 4.69) is 9.97 Å². The standard InChI is InChI=1S/C14H9ClFN3O/c15-12-3-4-17-13-9(8-20)6-19(14(12)13)7-11-2-1-10(16)5-18-11/h1-6,8H,7H2. The fourth-order valence-corrected chi connectivity index (χ4v) is 2.35. The van der Waals surface area contributed by atoms with Crippen LogP contribution in [-0.4, -0.2) is 20.8 Å². The molecule has 0 bridgehead atoms. The van der Waals surface area contributed by atoms with Crippen molar-refractivity contribution in [2.75, 3.05) is 0 Å². The Bertz CT molecular complexity index is 783. The molecule has 20 heavy (non-hydrogen) atoms. The number of fused-ring (bicyclic) bond motifs is 1. The molecule has 0 N–H and O–H groups in total. The number of halogens is 2. The number of aromatic nitrogens is 3. The number of aldehydes is 1. The van der Waals surface area contributed by atoms with E-state index in [1.54, 1.807) is 29.1 Å². The molecule has 0 aliphatic carbocycles. The molecule has 0 aliphatic rings. The summed E-state index contributed by atoms with van der Waals surface area (Å²) in [7, 11) is 0. The van der Waals surface area contributed by atoms with Crippen LogP contribution in [0.5, 0.6) is 0 Å². The van der Waals surface area contributed by atoms with Gasteiger partial charge in [0.15, 0.2) is 6.29 Å². The lowest BCUT2D eigenvalue weighted by Gasteiger charge is -2.05. The van der Waals surface area contributed by atoms with E-state index < -0.39 is 0 Å². The van der Waals surface area contributed by atoms with Crippen molar-refractivity contribution in [1.82, 2.24) is 14.5 Å². The zero-order chi connectivity index (χ0) is 14.1. The topological polar surface area (TPSA) is 47.8 Å². The molecule has 0 aromatic carbocycles. The average Bonchev–Trinajstić information content (AvgIpc) is 2.81. The molecule has 3 aromatic heterocycles. The number of pyridine rings is 2. The Labute approximate surface area is 118 Å². The molecule has 0 atom stereocenters. The van der Waals surface area contributed by atoms with Gasteiger partial charge in [0.05, 0.1) is 34.5 Å². The van der Waals surface area contributed by atoms with Gasteiger partial charge in [-0.2, -0.15) is 0 Å². The van der Waals surface area contributed by atoms with Crippen molar-refractivity contribution in [3.05, 3.63) is 58.9 Å². The first-order chi connectivity index (χ1) is 9.69. The Morgan fingerprint density at radius 1 is 1.30 bits per heavy atom. The Kier molecular flexibility index (Phi) is 3.20. The van der Waals surface area contributed by atoms with Crippen molar-refractivity contribution in [3.8, 4) is 0 Å². The zero-order valence-electron chi connectivity index (χ0n) is 10.3. The highest BCUT2D eigenvalue weighted by Gasteiger charge is 2.12. The Hall–Kier alpha value is -2.27. The van der Waals surface area contributed by atoms with Crippen molar-refractivity contribution >= 4 is 28.9 Å². The molecule has 0 amide bonds. The predicted molar refractivity (Wildman–Crippen MR) is 73.4 cm³/mol. The largest absolute Gasteiger partial charge is 0.338 e. The normalized spacial score (nSPS) is 10.9. The van der Waals surface area contributed by atoms with Gasteiger partial charge >= 0.3 is 0 Å². The average molecular weight is 290 g/mol. The van der Waals surface area contributed by atoms with Gasteiger partial charge in [-0.3, -0.25) is 14.8 Å². The number of hydrogen-bond donors (Lipinski definition) is 0. The first kappa shape index (κ1) is 12.7. The number of rotatable bonds is 3. The van der Waals surface area contributed by atoms with Gasteiger partial charge in [-0.1, -0.05) is 11.6 Å². The molecule has 3 rings (SSSR count). The van der Waals surface area contributed by atoms with E-state index in [0.29, 0.717) is 33.9 Å². The molecule has 0 unspecified atom stereocenters. The van der Waals surface area contributed by atoms with Crippen LogP contribution in [0.4, 0.5) is 4.39 Å². The van der Waals surface area contributed by atoms with E-state index in [1.807, 2.05) is 0 Å². The maximum Gasteiger partial charge on any atom is 0.153 e. The van der Waals surface area contributed by atoms with Crippen molar-refractivity contribution in [2.45, 2.75) is 6.54 Å². The van der Waals surface area contributed by atoms with E-state index in [0.717, 1.165) is 12.5 Å². The van der Waals surface area contributed by atoms with Crippen molar-refractivity contribution in [2.24, 2.45) is 0 Å². The van der Waals surface area contributed by atoms with Crippen LogP contribution >= 0.6 is 11.6 Å². The molecular weight excluding hydrogens is 281 g/mol. The maximum absolute atomic E-state index is 12.9. The van der Waals surface area contributed by atoms with Crippen LogP contribution in [-0.2, 0) is 6.54 Å². The summed E-state index contributed by atoms with van der Waals surface area (Å²) < 4.78 is 14.6. The summed E-state index contributed by atoms with van der Waals surface area (Å²) in [5.74, 6) is -0.389. The zero-order valence-corrected chi connectivity index (χ0v) is 11.0. The van der Waals surface area contributed by atoms with Gasteiger partial charge in [0.25, 0.3) is 0 Å². The lowest BCUT2D eigenvalue weighted by molar-refractivity contribution is 0.112. The lowest BCUT2D eigenvalue weighted by atomic mass is 10.3. The number of hydrogen-bond acceptors (Lipinski definition) is 3. The third-order valence-corrected chi connectivity index (χ3v) is 3.28. The molecule has 0 saturated carbocycles. The molecule has 3 heterocycles. The molecule has 6 heteroatoms. The van der Waals surface area contributed by atoms with E-state index in [4.69, 9.17) is 11.6 Å².